The normalized spacial score (nSPS) is 22.0. The molecule has 1 amide bonds. The molecule has 26 heavy (non-hydrogen) atoms. The molecule has 0 saturated carbocycles. The van der Waals surface area contributed by atoms with E-state index in [-0.39, 0.29) is 0 Å². The number of nitrogens with one attached hydrogen (secondary N) is 1. The highest BCUT2D eigenvalue weighted by Gasteiger charge is 2.40. The van der Waals surface area contributed by atoms with E-state index in [1.54, 1.807) is 17.0 Å². The molecule has 134 valence electrons. The smallest absolute Gasteiger partial charge is 0.303 e. The maximum atomic E-state index is 12.5. The first kappa shape index (κ1) is 16.8. The minimum absolute atomic E-state index is 0.335. The lowest BCUT2D eigenvalue weighted by atomic mass is 10.0. The van der Waals surface area contributed by atoms with Crippen LogP contribution in [-0.4, -0.2) is 31.5 Å². The van der Waals surface area contributed by atoms with E-state index < -0.39 is 11.7 Å². The average molecular weight is 351 g/mol. The van der Waals surface area contributed by atoms with Crippen LogP contribution in [0.5, 0.6) is 5.75 Å². The Kier molecular flexibility index (Phi) is 4.47. The van der Waals surface area contributed by atoms with E-state index in [2.05, 4.69) is 12.1 Å². The van der Waals surface area contributed by atoms with Crippen molar-refractivity contribution in [1.82, 2.24) is 0 Å². The lowest BCUT2D eigenvalue weighted by Crippen LogP contribution is -3.12. The molecule has 2 atom stereocenters. The average Bonchev–Trinajstić information content (AvgIpc) is 3.22. The number of nitrogens with zero attached hydrogens (tertiary/aromatic N) is 1. The van der Waals surface area contributed by atoms with Crippen LogP contribution >= 0.6 is 0 Å². The van der Waals surface area contributed by atoms with Gasteiger partial charge < -0.3 is 9.64 Å². The molecule has 0 spiro atoms. The van der Waals surface area contributed by atoms with Crippen LogP contribution in [0.4, 0.5) is 5.69 Å². The highest BCUT2D eigenvalue weighted by atomic mass is 16.5. The fourth-order valence-corrected chi connectivity index (χ4v) is 4.07. The zero-order valence-corrected chi connectivity index (χ0v) is 14.9. The number of carbonyl (C=O) groups is 2. The Balaban J connectivity index is 1.54. The number of para-hydroxylation sites is 1. The second kappa shape index (κ2) is 6.92. The van der Waals surface area contributed by atoms with Crippen molar-refractivity contribution in [3.05, 3.63) is 59.7 Å². The van der Waals surface area contributed by atoms with Gasteiger partial charge in [-0.25, -0.2) is 0 Å². The SMILES string of the molecule is CCOc1ccc([C@@H]2CCC[NH+]2CN2C(=O)C(=O)c3ccccc32)cc1. The van der Waals surface area contributed by atoms with Crippen LogP contribution in [0, 0.1) is 0 Å². The maximum absolute atomic E-state index is 12.5. The third-order valence-electron chi connectivity index (χ3n) is 5.32. The molecule has 0 radical (unpaired) electrons. The Labute approximate surface area is 153 Å². The maximum Gasteiger partial charge on any atom is 0.303 e. The highest BCUT2D eigenvalue weighted by molar-refractivity contribution is 6.52. The molecule has 4 rings (SSSR count). The van der Waals surface area contributed by atoms with Crippen molar-refractivity contribution in [3.63, 3.8) is 0 Å². The van der Waals surface area contributed by atoms with Crippen molar-refractivity contribution in [1.29, 1.82) is 0 Å². The van der Waals surface area contributed by atoms with Gasteiger partial charge in [-0.15, -0.1) is 0 Å². The summed E-state index contributed by atoms with van der Waals surface area (Å²) < 4.78 is 5.53. The standard InChI is InChI=1S/C21H22N2O3/c1-2-26-16-11-9-15(10-12-16)18-8-5-13-22(18)14-23-19-7-4-3-6-17(19)20(24)21(23)25/h3-4,6-7,9-12,18H,2,5,8,13-14H2,1H3/p+1/t18-/m0/s1. The summed E-state index contributed by atoms with van der Waals surface area (Å²) in [5, 5.41) is 0. The summed E-state index contributed by atoms with van der Waals surface area (Å²) in [7, 11) is 0. The minimum Gasteiger partial charge on any atom is -0.494 e. The number of fused-ring (bicyclic) bond motifs is 1. The van der Waals surface area contributed by atoms with Gasteiger partial charge in [0.25, 0.3) is 5.78 Å². The molecule has 2 aliphatic heterocycles. The van der Waals surface area contributed by atoms with E-state index >= 15 is 0 Å². The first-order chi connectivity index (χ1) is 12.7. The summed E-state index contributed by atoms with van der Waals surface area (Å²) in [6, 6.07) is 15.9. The number of amides is 1. The van der Waals surface area contributed by atoms with Crippen molar-refractivity contribution in [2.45, 2.75) is 25.8 Å². The first-order valence-corrected chi connectivity index (χ1v) is 9.21. The molecule has 2 aromatic rings. The first-order valence-electron chi connectivity index (χ1n) is 9.21. The van der Waals surface area contributed by atoms with Crippen LogP contribution in [0.15, 0.2) is 48.5 Å². The Hall–Kier alpha value is -2.66. The summed E-state index contributed by atoms with van der Waals surface area (Å²) in [6.45, 7) is 4.16. The number of ketones is 1. The molecule has 0 bridgehead atoms. The number of ether oxygens (including phenoxy) is 1. The number of anilines is 1. The predicted octanol–water partition coefficient (Wildman–Crippen LogP) is 1.99. The molecule has 1 saturated heterocycles. The fraction of sp³-hybridized carbons (Fsp3) is 0.333. The summed E-state index contributed by atoms with van der Waals surface area (Å²) in [4.78, 5) is 27.7. The van der Waals surface area contributed by atoms with Crippen molar-refractivity contribution in [2.75, 3.05) is 24.7 Å². The van der Waals surface area contributed by atoms with E-state index in [0.29, 0.717) is 24.9 Å². The van der Waals surface area contributed by atoms with Crippen LogP contribution in [-0.2, 0) is 4.79 Å². The van der Waals surface area contributed by atoms with Gasteiger partial charge in [0.1, 0.15) is 11.8 Å². The molecule has 2 aromatic carbocycles. The lowest BCUT2D eigenvalue weighted by Gasteiger charge is -2.26. The second-order valence-corrected chi connectivity index (χ2v) is 6.84. The van der Waals surface area contributed by atoms with Gasteiger partial charge in [0.05, 0.1) is 24.4 Å². The van der Waals surface area contributed by atoms with Gasteiger partial charge in [0.2, 0.25) is 0 Å². The number of hydrogen-bond acceptors (Lipinski definition) is 3. The molecular weight excluding hydrogens is 328 g/mol. The van der Waals surface area contributed by atoms with E-state index in [1.165, 1.54) is 10.5 Å². The van der Waals surface area contributed by atoms with Crippen LogP contribution in [0.25, 0.3) is 0 Å². The largest absolute Gasteiger partial charge is 0.494 e. The molecule has 5 nitrogen and oxygen atoms in total. The zero-order chi connectivity index (χ0) is 18.1. The summed E-state index contributed by atoms with van der Waals surface area (Å²) >= 11 is 0. The lowest BCUT2D eigenvalue weighted by molar-refractivity contribution is -0.917. The number of rotatable bonds is 5. The van der Waals surface area contributed by atoms with Crippen LogP contribution < -0.4 is 14.5 Å². The number of quaternary nitrogens is 1. The molecule has 2 heterocycles. The Morgan fingerprint density at radius 2 is 1.88 bits per heavy atom. The third kappa shape index (κ3) is 2.88. The Morgan fingerprint density at radius 3 is 2.65 bits per heavy atom. The van der Waals surface area contributed by atoms with E-state index in [0.717, 1.165) is 30.8 Å². The predicted molar refractivity (Wildman–Crippen MR) is 98.5 cm³/mol. The van der Waals surface area contributed by atoms with E-state index in [1.807, 2.05) is 31.2 Å². The second-order valence-electron chi connectivity index (χ2n) is 6.84. The molecule has 1 N–H and O–H groups in total. The van der Waals surface area contributed by atoms with Gasteiger partial charge in [-0.3, -0.25) is 14.5 Å². The van der Waals surface area contributed by atoms with Crippen LogP contribution in [0.3, 0.4) is 0 Å². The monoisotopic (exact) mass is 351 g/mol. The van der Waals surface area contributed by atoms with Gasteiger partial charge in [0.15, 0.2) is 6.67 Å². The molecule has 5 heteroatoms. The van der Waals surface area contributed by atoms with Crippen LogP contribution in [0.2, 0.25) is 0 Å². The van der Waals surface area contributed by atoms with Gasteiger partial charge in [0, 0.05) is 18.4 Å². The highest BCUT2D eigenvalue weighted by Crippen LogP contribution is 2.28. The quantitative estimate of drug-likeness (QED) is 0.838. The van der Waals surface area contributed by atoms with Crippen molar-refractivity contribution < 1.29 is 19.2 Å². The van der Waals surface area contributed by atoms with Gasteiger partial charge in [-0.1, -0.05) is 12.1 Å². The number of carbonyl (C=O) groups excluding carboxylic acids is 2. The zero-order valence-electron chi connectivity index (χ0n) is 14.9. The third-order valence-corrected chi connectivity index (χ3v) is 5.32. The minimum atomic E-state index is -0.406. The van der Waals surface area contributed by atoms with Crippen LogP contribution in [0.1, 0.15) is 41.7 Å². The molecule has 1 unspecified atom stereocenters. The molecular formula is C21H23N2O3+. The molecule has 0 aromatic heterocycles. The van der Waals surface area contributed by atoms with E-state index in [9.17, 15) is 9.59 Å². The van der Waals surface area contributed by atoms with Crippen molar-refractivity contribution in [2.24, 2.45) is 0 Å². The van der Waals surface area contributed by atoms with Crippen molar-refractivity contribution >= 4 is 17.4 Å². The van der Waals surface area contributed by atoms with Gasteiger partial charge in [-0.05, 0) is 43.3 Å². The number of hydrogen-bond donors (Lipinski definition) is 1. The number of benzene rings is 2. The summed E-state index contributed by atoms with van der Waals surface area (Å²) in [5.41, 5.74) is 2.52. The Bertz CT molecular complexity index is 831. The van der Waals surface area contributed by atoms with E-state index in [4.69, 9.17) is 4.74 Å². The van der Waals surface area contributed by atoms with Gasteiger partial charge >= 0.3 is 5.91 Å². The number of likely N-dealkylation sites (tertiary alicyclic amines) is 1. The Morgan fingerprint density at radius 1 is 1.12 bits per heavy atom. The number of Topliss-reactive ketones (excluding diaryl/α,β-unsaturated/α-hetero) is 1. The topological polar surface area (TPSA) is 51.1 Å². The fourth-order valence-electron chi connectivity index (χ4n) is 4.07. The molecule has 0 aliphatic carbocycles. The summed E-state index contributed by atoms with van der Waals surface area (Å²) in [5.74, 6) is 0.0814. The molecule has 2 aliphatic rings. The van der Waals surface area contributed by atoms with Crippen molar-refractivity contribution in [3.8, 4) is 5.75 Å². The molecule has 1 fully saturated rings. The summed E-state index contributed by atoms with van der Waals surface area (Å²) in [6.07, 6.45) is 2.20. The van der Waals surface area contributed by atoms with Gasteiger partial charge in [-0.2, -0.15) is 0 Å².